The Morgan fingerprint density at radius 2 is 1.94 bits per heavy atom. The van der Waals surface area contributed by atoms with E-state index in [0.29, 0.717) is 25.0 Å². The molecule has 16 heavy (non-hydrogen) atoms. The van der Waals surface area contributed by atoms with Gasteiger partial charge in [-0.2, -0.15) is 0 Å². The third-order valence-electron chi connectivity index (χ3n) is 3.69. The molecule has 0 unspecified atom stereocenters. The van der Waals surface area contributed by atoms with Gasteiger partial charge in [-0.05, 0) is 36.1 Å². The summed E-state index contributed by atoms with van der Waals surface area (Å²) in [6.45, 7) is 0.585. The monoisotopic (exact) mass is 221 g/mol. The number of tetrazole rings is 1. The van der Waals surface area contributed by atoms with Crippen LogP contribution < -0.4 is 0 Å². The van der Waals surface area contributed by atoms with Crippen molar-refractivity contribution in [2.24, 2.45) is 0 Å². The molecule has 6 nitrogen and oxygen atoms in total. The number of hydrogen-bond donors (Lipinski definition) is 0. The standard InChI is InChI=1S/C10H15N5O/c16-10(5-6-14-7-11-12-13-14)15-8-1-2-9(15)4-3-8/h7-9H,1-6H2. The zero-order valence-corrected chi connectivity index (χ0v) is 9.12. The second-order valence-corrected chi connectivity index (χ2v) is 4.59. The highest BCUT2D eigenvalue weighted by Gasteiger charge is 2.41. The Bertz CT molecular complexity index is 357. The van der Waals surface area contributed by atoms with E-state index in [1.54, 1.807) is 11.0 Å². The fourth-order valence-electron chi connectivity index (χ4n) is 2.94. The average molecular weight is 221 g/mol. The lowest BCUT2D eigenvalue weighted by Gasteiger charge is -2.21. The largest absolute Gasteiger partial charge is 0.337 e. The van der Waals surface area contributed by atoms with Crippen LogP contribution >= 0.6 is 0 Å². The van der Waals surface area contributed by atoms with E-state index >= 15 is 0 Å². The molecule has 2 aliphatic rings. The Morgan fingerprint density at radius 1 is 1.25 bits per heavy atom. The molecule has 0 atom stereocenters. The van der Waals surface area contributed by atoms with Crippen molar-refractivity contribution in [2.75, 3.05) is 0 Å². The molecular weight excluding hydrogens is 206 g/mol. The summed E-state index contributed by atoms with van der Waals surface area (Å²) in [6, 6.07) is 1.04. The van der Waals surface area contributed by atoms with Crippen LogP contribution in [-0.2, 0) is 11.3 Å². The molecule has 0 N–H and O–H groups in total. The minimum atomic E-state index is 0.264. The molecule has 1 aromatic heterocycles. The van der Waals surface area contributed by atoms with Gasteiger partial charge in [0.2, 0.25) is 5.91 Å². The van der Waals surface area contributed by atoms with Crippen molar-refractivity contribution < 1.29 is 4.79 Å². The number of hydrogen-bond acceptors (Lipinski definition) is 4. The van der Waals surface area contributed by atoms with Crippen molar-refractivity contribution in [3.8, 4) is 0 Å². The summed E-state index contributed by atoms with van der Waals surface area (Å²) in [4.78, 5) is 14.1. The Hall–Kier alpha value is -1.46. The number of aromatic nitrogens is 4. The van der Waals surface area contributed by atoms with Gasteiger partial charge >= 0.3 is 0 Å². The highest BCUT2D eigenvalue weighted by Crippen LogP contribution is 2.37. The molecule has 1 aromatic rings. The molecule has 0 saturated carbocycles. The summed E-state index contributed by atoms with van der Waals surface area (Å²) in [5.74, 6) is 0.264. The third kappa shape index (κ3) is 1.58. The molecule has 2 aliphatic heterocycles. The zero-order chi connectivity index (χ0) is 11.0. The first-order chi connectivity index (χ1) is 7.84. The van der Waals surface area contributed by atoms with Gasteiger partial charge in [0.25, 0.3) is 0 Å². The Labute approximate surface area is 93.6 Å². The smallest absolute Gasteiger partial charge is 0.224 e. The second-order valence-electron chi connectivity index (χ2n) is 4.59. The van der Waals surface area contributed by atoms with E-state index in [4.69, 9.17) is 0 Å². The Balaban J connectivity index is 1.58. The average Bonchev–Trinajstić information content (AvgIpc) is 3.02. The SMILES string of the molecule is O=C(CCn1cnnn1)N1C2CCC1CC2. The summed E-state index contributed by atoms with van der Waals surface area (Å²) in [5, 5.41) is 10.8. The first-order valence-corrected chi connectivity index (χ1v) is 5.86. The van der Waals surface area contributed by atoms with Crippen molar-refractivity contribution in [3.05, 3.63) is 6.33 Å². The molecule has 0 spiro atoms. The van der Waals surface area contributed by atoms with Gasteiger partial charge < -0.3 is 4.90 Å². The van der Waals surface area contributed by atoms with Crippen molar-refractivity contribution in [1.29, 1.82) is 0 Å². The molecule has 86 valence electrons. The topological polar surface area (TPSA) is 63.9 Å². The van der Waals surface area contributed by atoms with Crippen LogP contribution in [0.2, 0.25) is 0 Å². The van der Waals surface area contributed by atoms with Gasteiger partial charge in [-0.3, -0.25) is 4.79 Å². The fourth-order valence-corrected chi connectivity index (χ4v) is 2.94. The van der Waals surface area contributed by atoms with Gasteiger partial charge in [0.05, 0.1) is 6.54 Å². The summed E-state index contributed by atoms with van der Waals surface area (Å²) in [6.07, 6.45) is 6.84. The Morgan fingerprint density at radius 3 is 2.50 bits per heavy atom. The number of aryl methyl sites for hydroxylation is 1. The summed E-state index contributed by atoms with van der Waals surface area (Å²) in [7, 11) is 0. The van der Waals surface area contributed by atoms with Gasteiger partial charge in [-0.25, -0.2) is 4.68 Å². The van der Waals surface area contributed by atoms with Gasteiger partial charge in [0, 0.05) is 18.5 Å². The number of amides is 1. The van der Waals surface area contributed by atoms with Crippen molar-refractivity contribution in [3.63, 3.8) is 0 Å². The van der Waals surface area contributed by atoms with Crippen molar-refractivity contribution in [2.45, 2.75) is 50.7 Å². The molecular formula is C10H15N5O. The van der Waals surface area contributed by atoms with Crippen LogP contribution in [0, 0.1) is 0 Å². The highest BCUT2D eigenvalue weighted by molar-refractivity contribution is 5.77. The zero-order valence-electron chi connectivity index (χ0n) is 9.12. The predicted molar refractivity (Wildman–Crippen MR) is 55.3 cm³/mol. The van der Waals surface area contributed by atoms with Gasteiger partial charge in [0.1, 0.15) is 6.33 Å². The highest BCUT2D eigenvalue weighted by atomic mass is 16.2. The lowest BCUT2D eigenvalue weighted by Crippen LogP contribution is -2.35. The molecule has 2 saturated heterocycles. The number of carbonyl (C=O) groups is 1. The fraction of sp³-hybridized carbons (Fsp3) is 0.800. The molecule has 3 heterocycles. The van der Waals surface area contributed by atoms with Crippen LogP contribution in [0.25, 0.3) is 0 Å². The van der Waals surface area contributed by atoms with Crippen LogP contribution in [0.5, 0.6) is 0 Å². The molecule has 2 bridgehead atoms. The van der Waals surface area contributed by atoms with Crippen LogP contribution in [0.15, 0.2) is 6.33 Å². The van der Waals surface area contributed by atoms with E-state index < -0.39 is 0 Å². The molecule has 0 aliphatic carbocycles. The normalized spacial score (nSPS) is 27.6. The summed E-state index contributed by atoms with van der Waals surface area (Å²) in [5.41, 5.74) is 0. The van der Waals surface area contributed by atoms with Crippen LogP contribution in [0.3, 0.4) is 0 Å². The maximum Gasteiger partial charge on any atom is 0.224 e. The van der Waals surface area contributed by atoms with Gasteiger partial charge in [0.15, 0.2) is 0 Å². The quantitative estimate of drug-likeness (QED) is 0.732. The van der Waals surface area contributed by atoms with Gasteiger partial charge in [-0.1, -0.05) is 0 Å². The lowest BCUT2D eigenvalue weighted by atomic mass is 10.0. The predicted octanol–water partition coefficient (Wildman–Crippen LogP) is 0.217. The second kappa shape index (κ2) is 3.84. The minimum absolute atomic E-state index is 0.264. The van der Waals surface area contributed by atoms with Crippen LogP contribution in [-0.4, -0.2) is 43.1 Å². The Kier molecular flexibility index (Phi) is 2.34. The van der Waals surface area contributed by atoms with E-state index in [0.717, 1.165) is 0 Å². The molecule has 0 aromatic carbocycles. The number of carbonyl (C=O) groups excluding carboxylic acids is 1. The van der Waals surface area contributed by atoms with Crippen LogP contribution in [0.1, 0.15) is 32.1 Å². The van der Waals surface area contributed by atoms with E-state index in [1.165, 1.54) is 25.7 Å². The molecule has 6 heteroatoms. The number of nitrogens with zero attached hydrogens (tertiary/aromatic N) is 5. The van der Waals surface area contributed by atoms with E-state index in [-0.39, 0.29) is 5.91 Å². The minimum Gasteiger partial charge on any atom is -0.337 e. The molecule has 1 amide bonds. The van der Waals surface area contributed by atoms with E-state index in [1.807, 2.05) is 0 Å². The van der Waals surface area contributed by atoms with Gasteiger partial charge in [-0.15, -0.1) is 5.10 Å². The molecule has 3 rings (SSSR count). The first-order valence-electron chi connectivity index (χ1n) is 5.86. The first kappa shape index (κ1) is 9.74. The molecule has 0 radical (unpaired) electrons. The lowest BCUT2D eigenvalue weighted by molar-refractivity contribution is -0.132. The third-order valence-corrected chi connectivity index (χ3v) is 3.69. The van der Waals surface area contributed by atoms with Crippen molar-refractivity contribution in [1.82, 2.24) is 25.1 Å². The van der Waals surface area contributed by atoms with Crippen molar-refractivity contribution >= 4 is 5.91 Å². The summed E-state index contributed by atoms with van der Waals surface area (Å²) >= 11 is 0. The van der Waals surface area contributed by atoms with E-state index in [9.17, 15) is 4.79 Å². The maximum atomic E-state index is 12.0. The summed E-state index contributed by atoms with van der Waals surface area (Å²) < 4.78 is 1.61. The molecule has 2 fully saturated rings. The van der Waals surface area contributed by atoms with Crippen LogP contribution in [0.4, 0.5) is 0 Å². The number of rotatable bonds is 3. The number of fused-ring (bicyclic) bond motifs is 2. The maximum absolute atomic E-state index is 12.0. The van der Waals surface area contributed by atoms with E-state index in [2.05, 4.69) is 20.4 Å².